The zero-order valence-electron chi connectivity index (χ0n) is 23.7. The van der Waals surface area contributed by atoms with Crippen LogP contribution in [-0.4, -0.2) is 14.5 Å². The first-order chi connectivity index (χ1) is 21.2. The first kappa shape index (κ1) is 24.5. The lowest BCUT2D eigenvalue weighted by Gasteiger charge is -2.18. The van der Waals surface area contributed by atoms with Gasteiger partial charge < -0.3 is 0 Å². The first-order valence-electron chi connectivity index (χ1n) is 14.8. The van der Waals surface area contributed by atoms with Gasteiger partial charge in [0.25, 0.3) is 0 Å². The van der Waals surface area contributed by atoms with Crippen molar-refractivity contribution in [3.8, 4) is 17.2 Å². The summed E-state index contributed by atoms with van der Waals surface area (Å²) in [4.78, 5) is 10.2. The van der Waals surface area contributed by atoms with Crippen LogP contribution < -0.4 is 9.75 Å². The normalized spacial score (nSPS) is 14.9. The summed E-state index contributed by atoms with van der Waals surface area (Å²) in [6, 6.07) is 43.2. The Kier molecular flexibility index (Phi) is 5.41. The van der Waals surface area contributed by atoms with Crippen LogP contribution in [0, 0.1) is 5.92 Å². The van der Waals surface area contributed by atoms with Gasteiger partial charge in [-0.25, -0.2) is 9.97 Å². The number of aromatic nitrogens is 3. The van der Waals surface area contributed by atoms with Gasteiger partial charge in [0, 0.05) is 31.0 Å². The van der Waals surface area contributed by atoms with Crippen LogP contribution in [-0.2, 0) is 0 Å². The minimum absolute atomic E-state index is 0.450. The monoisotopic (exact) mass is 569 g/mol. The van der Waals surface area contributed by atoms with Crippen molar-refractivity contribution >= 4 is 65.8 Å². The van der Waals surface area contributed by atoms with Crippen LogP contribution >= 0.6 is 11.3 Å². The number of hydrogen-bond donors (Lipinski definition) is 0. The quantitative estimate of drug-likeness (QED) is 0.213. The van der Waals surface area contributed by atoms with E-state index in [1.807, 2.05) is 35.6 Å². The maximum absolute atomic E-state index is 5.24. The largest absolute Gasteiger partial charge is 0.293 e. The molecule has 0 N–H and O–H groups in total. The fraction of sp³-hybridized carbons (Fsp3) is 0.0769. The molecular formula is C39H27N3S. The van der Waals surface area contributed by atoms with Crippen LogP contribution in [0.3, 0.4) is 0 Å². The van der Waals surface area contributed by atoms with Gasteiger partial charge in [-0.3, -0.25) is 4.57 Å². The number of para-hydroxylation sites is 2. The summed E-state index contributed by atoms with van der Waals surface area (Å²) in [6.45, 7) is 2.37. The molecule has 1 atom stereocenters. The van der Waals surface area contributed by atoms with Crippen molar-refractivity contribution in [1.82, 2.24) is 14.5 Å². The summed E-state index contributed by atoms with van der Waals surface area (Å²) < 4.78 is 5.11. The van der Waals surface area contributed by atoms with Crippen molar-refractivity contribution in [3.05, 3.63) is 137 Å². The summed E-state index contributed by atoms with van der Waals surface area (Å²) >= 11 is 1.93. The molecule has 0 bridgehead atoms. The fourth-order valence-corrected chi connectivity index (χ4v) is 8.22. The highest BCUT2D eigenvalue weighted by Crippen LogP contribution is 2.37. The molecule has 0 saturated carbocycles. The van der Waals surface area contributed by atoms with Gasteiger partial charge in [0.2, 0.25) is 0 Å². The number of rotatable bonds is 3. The summed E-state index contributed by atoms with van der Waals surface area (Å²) in [5.41, 5.74) is 7.01. The van der Waals surface area contributed by atoms with Crippen LogP contribution in [0.2, 0.25) is 0 Å². The Hall–Kier alpha value is -5.06. The van der Waals surface area contributed by atoms with E-state index in [1.54, 1.807) is 0 Å². The van der Waals surface area contributed by atoms with Crippen molar-refractivity contribution in [3.63, 3.8) is 0 Å². The Labute approximate surface area is 252 Å². The minimum atomic E-state index is 0.450. The van der Waals surface area contributed by atoms with Crippen molar-refractivity contribution in [2.24, 2.45) is 5.92 Å². The third kappa shape index (κ3) is 3.73. The lowest BCUT2D eigenvalue weighted by atomic mass is 9.87. The van der Waals surface area contributed by atoms with Crippen molar-refractivity contribution in [1.29, 1.82) is 0 Å². The minimum Gasteiger partial charge on any atom is -0.293 e. The molecule has 0 spiro atoms. The molecule has 3 heterocycles. The molecule has 0 amide bonds. The molecule has 5 aromatic carbocycles. The fourth-order valence-electron chi connectivity index (χ4n) is 6.84. The highest BCUT2D eigenvalue weighted by atomic mass is 32.1. The van der Waals surface area contributed by atoms with E-state index in [0.29, 0.717) is 5.92 Å². The SMILES string of the molecule is CC1CC=c2c(sc3ccccc23)=C1c1ccc2c(c1)c1ccccc1n2-c1nc(-c2ccccc2)nc2ccccc12. The topological polar surface area (TPSA) is 30.7 Å². The Morgan fingerprint density at radius 3 is 2.26 bits per heavy atom. The van der Waals surface area contributed by atoms with Crippen molar-refractivity contribution < 1.29 is 0 Å². The molecule has 1 unspecified atom stereocenters. The molecule has 1 aliphatic rings. The van der Waals surface area contributed by atoms with Gasteiger partial charge in [0.1, 0.15) is 5.82 Å². The molecule has 0 saturated heterocycles. The van der Waals surface area contributed by atoms with E-state index in [9.17, 15) is 0 Å². The molecule has 9 rings (SSSR count). The molecule has 204 valence electrons. The highest BCUT2D eigenvalue weighted by molar-refractivity contribution is 7.17. The molecule has 3 nitrogen and oxygen atoms in total. The second kappa shape index (κ2) is 9.48. The van der Waals surface area contributed by atoms with Gasteiger partial charge >= 0.3 is 0 Å². The van der Waals surface area contributed by atoms with Gasteiger partial charge in [-0.1, -0.05) is 97.9 Å². The van der Waals surface area contributed by atoms with Gasteiger partial charge in [-0.15, -0.1) is 11.3 Å². The van der Waals surface area contributed by atoms with E-state index in [4.69, 9.17) is 9.97 Å². The van der Waals surface area contributed by atoms with E-state index in [1.165, 1.54) is 41.7 Å². The number of thiophene rings is 1. The number of hydrogen-bond acceptors (Lipinski definition) is 3. The average molecular weight is 570 g/mol. The lowest BCUT2D eigenvalue weighted by molar-refractivity contribution is 0.778. The average Bonchev–Trinajstić information content (AvgIpc) is 3.60. The smallest absolute Gasteiger partial charge is 0.162 e. The predicted molar refractivity (Wildman–Crippen MR) is 181 cm³/mol. The molecule has 3 aromatic heterocycles. The summed E-state index contributed by atoms with van der Waals surface area (Å²) in [7, 11) is 0. The second-order valence-corrected chi connectivity index (χ2v) is 12.5. The number of fused-ring (bicyclic) bond motifs is 7. The Morgan fingerprint density at radius 1 is 0.651 bits per heavy atom. The number of nitrogens with zero attached hydrogens (tertiary/aromatic N) is 3. The molecule has 43 heavy (non-hydrogen) atoms. The molecule has 8 aromatic rings. The molecule has 4 heteroatoms. The van der Waals surface area contributed by atoms with Crippen LogP contribution in [0.25, 0.3) is 71.6 Å². The molecule has 0 radical (unpaired) electrons. The lowest BCUT2D eigenvalue weighted by Crippen LogP contribution is -2.28. The maximum Gasteiger partial charge on any atom is 0.162 e. The predicted octanol–water partition coefficient (Wildman–Crippen LogP) is 8.63. The standard InChI is InChI=1S/C39H27N3S/c1-24-19-21-29-28-14-7-10-18-35(28)43-37(29)36(24)26-20-22-34-31(23-26)27-13-6-9-17-33(27)42(34)39-30-15-5-8-16-32(30)40-38(41-39)25-11-3-2-4-12-25/h2-18,20-24H,19H2,1H3. The van der Waals surface area contributed by atoms with Crippen LogP contribution in [0.5, 0.6) is 0 Å². The molecule has 0 fully saturated rings. The Morgan fingerprint density at radius 2 is 1.37 bits per heavy atom. The zero-order valence-corrected chi connectivity index (χ0v) is 24.5. The van der Waals surface area contributed by atoms with E-state index < -0.39 is 0 Å². The maximum atomic E-state index is 5.24. The number of benzene rings is 5. The molecular weight excluding hydrogens is 543 g/mol. The third-order valence-corrected chi connectivity index (χ3v) is 10.1. The Bertz CT molecular complexity index is 2500. The van der Waals surface area contributed by atoms with Gasteiger partial charge in [-0.05, 0) is 70.5 Å². The second-order valence-electron chi connectivity index (χ2n) is 11.4. The van der Waals surface area contributed by atoms with Gasteiger partial charge in [0.15, 0.2) is 5.82 Å². The van der Waals surface area contributed by atoms with E-state index in [-0.39, 0.29) is 0 Å². The van der Waals surface area contributed by atoms with E-state index in [0.717, 1.165) is 45.6 Å². The van der Waals surface area contributed by atoms with Crippen LogP contribution in [0.15, 0.2) is 121 Å². The Balaban J connectivity index is 1.35. The third-order valence-electron chi connectivity index (χ3n) is 8.86. The molecule has 1 aliphatic carbocycles. The van der Waals surface area contributed by atoms with Crippen molar-refractivity contribution in [2.45, 2.75) is 13.3 Å². The first-order valence-corrected chi connectivity index (χ1v) is 15.6. The van der Waals surface area contributed by atoms with Crippen molar-refractivity contribution in [2.75, 3.05) is 0 Å². The summed E-state index contributed by atoms with van der Waals surface area (Å²) in [6.07, 6.45) is 3.50. The highest BCUT2D eigenvalue weighted by Gasteiger charge is 2.21. The molecule has 0 aliphatic heterocycles. The van der Waals surface area contributed by atoms with Crippen LogP contribution in [0.4, 0.5) is 0 Å². The van der Waals surface area contributed by atoms with Gasteiger partial charge in [0.05, 0.1) is 16.6 Å². The van der Waals surface area contributed by atoms with Crippen LogP contribution in [0.1, 0.15) is 18.9 Å². The van der Waals surface area contributed by atoms with E-state index >= 15 is 0 Å². The zero-order chi connectivity index (χ0) is 28.5. The summed E-state index contributed by atoms with van der Waals surface area (Å²) in [5.74, 6) is 2.09. The van der Waals surface area contributed by atoms with E-state index in [2.05, 4.69) is 115 Å². The van der Waals surface area contributed by atoms with Gasteiger partial charge in [-0.2, -0.15) is 0 Å². The summed E-state index contributed by atoms with van der Waals surface area (Å²) in [5, 5.41) is 6.28.